The van der Waals surface area contributed by atoms with Crippen LogP contribution in [0.1, 0.15) is 47.0 Å². The van der Waals surface area contributed by atoms with Gasteiger partial charge in [0.2, 0.25) is 5.91 Å². The standard InChI is InChI=1S/C12H23NO5S/c1-5-10(6-2)13-12(16)9(4)19(17,18)8(3)7-11(14)15/h8-10H,5-7H2,1-4H3,(H,13,16)(H,14,15). The second kappa shape index (κ2) is 7.47. The Balaban J connectivity index is 4.83. The van der Waals surface area contributed by atoms with Gasteiger partial charge in [0.15, 0.2) is 9.84 Å². The number of hydrogen-bond acceptors (Lipinski definition) is 4. The highest BCUT2D eigenvalue weighted by Gasteiger charge is 2.34. The van der Waals surface area contributed by atoms with Gasteiger partial charge in [-0.3, -0.25) is 9.59 Å². The summed E-state index contributed by atoms with van der Waals surface area (Å²) in [6.45, 7) is 6.41. The Hall–Kier alpha value is -1.11. The van der Waals surface area contributed by atoms with Crippen LogP contribution in [0.4, 0.5) is 0 Å². The largest absolute Gasteiger partial charge is 0.481 e. The topological polar surface area (TPSA) is 101 Å². The van der Waals surface area contributed by atoms with E-state index < -0.39 is 38.6 Å². The Bertz CT molecular complexity index is 414. The number of sulfone groups is 1. The summed E-state index contributed by atoms with van der Waals surface area (Å²) in [5, 5.41) is 8.98. The molecule has 7 heteroatoms. The number of carboxylic acid groups (broad SMARTS) is 1. The van der Waals surface area contributed by atoms with Gasteiger partial charge in [0.05, 0.1) is 11.7 Å². The van der Waals surface area contributed by atoms with Crippen LogP contribution >= 0.6 is 0 Å². The molecule has 0 heterocycles. The van der Waals surface area contributed by atoms with Crippen molar-refractivity contribution < 1.29 is 23.1 Å². The maximum Gasteiger partial charge on any atom is 0.304 e. The fourth-order valence-corrected chi connectivity index (χ4v) is 3.11. The number of hydrogen-bond donors (Lipinski definition) is 2. The van der Waals surface area contributed by atoms with Crippen molar-refractivity contribution in [1.82, 2.24) is 5.32 Å². The first-order chi connectivity index (χ1) is 8.66. The Morgan fingerprint density at radius 2 is 1.63 bits per heavy atom. The van der Waals surface area contributed by atoms with Crippen molar-refractivity contribution in [2.24, 2.45) is 0 Å². The summed E-state index contributed by atoms with van der Waals surface area (Å²) in [5.41, 5.74) is 0. The lowest BCUT2D eigenvalue weighted by atomic mass is 10.2. The first-order valence-electron chi connectivity index (χ1n) is 6.41. The van der Waals surface area contributed by atoms with Crippen LogP contribution < -0.4 is 5.32 Å². The zero-order valence-corrected chi connectivity index (χ0v) is 12.7. The minimum absolute atomic E-state index is 0.0556. The van der Waals surface area contributed by atoms with Crippen LogP contribution in [0.2, 0.25) is 0 Å². The average molecular weight is 293 g/mol. The minimum Gasteiger partial charge on any atom is -0.481 e. The first kappa shape index (κ1) is 17.9. The van der Waals surface area contributed by atoms with Crippen molar-refractivity contribution in [3.63, 3.8) is 0 Å². The van der Waals surface area contributed by atoms with Gasteiger partial charge in [0.1, 0.15) is 5.25 Å². The summed E-state index contributed by atoms with van der Waals surface area (Å²) < 4.78 is 24.1. The van der Waals surface area contributed by atoms with E-state index in [0.717, 1.165) is 12.8 Å². The van der Waals surface area contributed by atoms with Gasteiger partial charge >= 0.3 is 5.97 Å². The molecule has 0 aliphatic rings. The molecule has 0 saturated carbocycles. The summed E-state index contributed by atoms with van der Waals surface area (Å²) in [6.07, 6.45) is 0.949. The molecule has 0 aliphatic heterocycles. The van der Waals surface area contributed by atoms with Crippen LogP contribution in [-0.2, 0) is 19.4 Å². The zero-order chi connectivity index (χ0) is 15.2. The molecule has 0 bridgehead atoms. The summed E-state index contributed by atoms with van der Waals surface area (Å²) in [4.78, 5) is 22.4. The van der Waals surface area contributed by atoms with E-state index in [-0.39, 0.29) is 6.04 Å². The molecule has 0 spiro atoms. The Labute approximate surface area is 114 Å². The molecule has 112 valence electrons. The molecule has 0 aromatic rings. The van der Waals surface area contributed by atoms with Crippen molar-refractivity contribution in [1.29, 1.82) is 0 Å². The monoisotopic (exact) mass is 293 g/mol. The molecular formula is C12H23NO5S. The number of carbonyl (C=O) groups excluding carboxylic acids is 1. The summed E-state index contributed by atoms with van der Waals surface area (Å²) in [7, 11) is -3.79. The smallest absolute Gasteiger partial charge is 0.304 e. The molecule has 2 atom stereocenters. The number of amides is 1. The summed E-state index contributed by atoms with van der Waals surface area (Å²) >= 11 is 0. The molecule has 0 aromatic carbocycles. The van der Waals surface area contributed by atoms with Crippen LogP contribution in [0, 0.1) is 0 Å². The summed E-state index contributed by atoms with van der Waals surface area (Å²) in [5.74, 6) is -1.75. The van der Waals surface area contributed by atoms with Crippen molar-refractivity contribution in [2.45, 2.75) is 63.5 Å². The second-order valence-corrected chi connectivity index (χ2v) is 7.35. The molecule has 2 unspecified atom stereocenters. The number of aliphatic carboxylic acids is 1. The van der Waals surface area contributed by atoms with E-state index in [9.17, 15) is 18.0 Å². The normalized spacial score (nSPS) is 15.0. The molecule has 0 rings (SSSR count). The van der Waals surface area contributed by atoms with Crippen LogP contribution in [0.25, 0.3) is 0 Å². The summed E-state index contributed by atoms with van der Waals surface area (Å²) in [6, 6.07) is -0.0556. The minimum atomic E-state index is -3.79. The number of nitrogens with one attached hydrogen (secondary N) is 1. The van der Waals surface area contributed by atoms with Crippen LogP contribution in [-0.4, -0.2) is 41.9 Å². The third-order valence-electron chi connectivity index (χ3n) is 3.22. The van der Waals surface area contributed by atoms with E-state index in [2.05, 4.69) is 5.32 Å². The Morgan fingerprint density at radius 1 is 1.16 bits per heavy atom. The van der Waals surface area contributed by atoms with Gasteiger partial charge in [-0.1, -0.05) is 13.8 Å². The third-order valence-corrected chi connectivity index (χ3v) is 5.70. The maximum atomic E-state index is 12.0. The van der Waals surface area contributed by atoms with E-state index in [1.54, 1.807) is 0 Å². The number of carboxylic acids is 1. The average Bonchev–Trinajstić information content (AvgIpc) is 2.33. The second-order valence-electron chi connectivity index (χ2n) is 4.66. The van der Waals surface area contributed by atoms with Gasteiger partial charge < -0.3 is 10.4 Å². The molecule has 0 fully saturated rings. The Kier molecular flexibility index (Phi) is 7.04. The highest BCUT2D eigenvalue weighted by molar-refractivity contribution is 7.93. The zero-order valence-electron chi connectivity index (χ0n) is 11.8. The quantitative estimate of drug-likeness (QED) is 0.694. The molecule has 6 nitrogen and oxygen atoms in total. The van der Waals surface area contributed by atoms with Gasteiger partial charge in [-0.05, 0) is 26.7 Å². The SMILES string of the molecule is CCC(CC)NC(=O)C(C)S(=O)(=O)C(C)CC(=O)O. The fraction of sp³-hybridized carbons (Fsp3) is 0.833. The van der Waals surface area contributed by atoms with Gasteiger partial charge in [0.25, 0.3) is 0 Å². The van der Waals surface area contributed by atoms with Gasteiger partial charge in [-0.2, -0.15) is 0 Å². The predicted molar refractivity (Wildman–Crippen MR) is 72.6 cm³/mol. The first-order valence-corrected chi connectivity index (χ1v) is 8.02. The lowest BCUT2D eigenvalue weighted by Crippen LogP contribution is -2.45. The molecule has 0 saturated heterocycles. The highest BCUT2D eigenvalue weighted by Crippen LogP contribution is 2.13. The van der Waals surface area contributed by atoms with Crippen molar-refractivity contribution >= 4 is 21.7 Å². The van der Waals surface area contributed by atoms with Crippen LogP contribution in [0.5, 0.6) is 0 Å². The van der Waals surface area contributed by atoms with Gasteiger partial charge in [-0.25, -0.2) is 8.42 Å². The molecule has 0 aromatic heterocycles. The predicted octanol–water partition coefficient (Wildman–Crippen LogP) is 0.958. The number of carbonyl (C=O) groups is 2. The van der Waals surface area contributed by atoms with E-state index >= 15 is 0 Å². The van der Waals surface area contributed by atoms with Crippen molar-refractivity contribution in [3.8, 4) is 0 Å². The van der Waals surface area contributed by atoms with Crippen molar-refractivity contribution in [2.75, 3.05) is 0 Å². The fourth-order valence-electron chi connectivity index (χ4n) is 1.67. The molecule has 19 heavy (non-hydrogen) atoms. The maximum absolute atomic E-state index is 12.0. The van der Waals surface area contributed by atoms with Gasteiger partial charge in [-0.15, -0.1) is 0 Å². The molecule has 0 radical (unpaired) electrons. The van der Waals surface area contributed by atoms with E-state index in [0.29, 0.717) is 0 Å². The molecule has 2 N–H and O–H groups in total. The lowest BCUT2D eigenvalue weighted by molar-refractivity contribution is -0.137. The van der Waals surface area contributed by atoms with E-state index in [1.807, 2.05) is 13.8 Å². The van der Waals surface area contributed by atoms with E-state index in [4.69, 9.17) is 5.11 Å². The van der Waals surface area contributed by atoms with Crippen LogP contribution in [0.15, 0.2) is 0 Å². The van der Waals surface area contributed by atoms with E-state index in [1.165, 1.54) is 13.8 Å². The van der Waals surface area contributed by atoms with Gasteiger partial charge in [0, 0.05) is 6.04 Å². The molecule has 1 amide bonds. The molecule has 0 aliphatic carbocycles. The lowest BCUT2D eigenvalue weighted by Gasteiger charge is -2.20. The number of rotatable bonds is 8. The molecular weight excluding hydrogens is 270 g/mol. The van der Waals surface area contributed by atoms with Crippen LogP contribution in [0.3, 0.4) is 0 Å². The highest BCUT2D eigenvalue weighted by atomic mass is 32.2. The van der Waals surface area contributed by atoms with Crippen molar-refractivity contribution in [3.05, 3.63) is 0 Å². The Morgan fingerprint density at radius 3 is 2.00 bits per heavy atom. The third kappa shape index (κ3) is 5.18.